The average molecular weight is 578 g/mol. The average Bonchev–Trinajstić information content (AvgIpc) is 3.44. The van der Waals surface area contributed by atoms with Crippen LogP contribution >= 0.6 is 37.2 Å². The topological polar surface area (TPSA) is 63.8 Å². The molecule has 2 aliphatic heterocycles. The number of benzene rings is 2. The van der Waals surface area contributed by atoms with Gasteiger partial charge in [0.15, 0.2) is 0 Å². The summed E-state index contributed by atoms with van der Waals surface area (Å²) in [6.07, 6.45) is 6.36. The number of halogens is 3. The predicted octanol–water partition coefficient (Wildman–Crippen LogP) is 6.36. The summed E-state index contributed by atoms with van der Waals surface area (Å²) in [7, 11) is 0. The maximum Gasteiger partial charge on any atom is 0.239 e. The third-order valence-electron chi connectivity index (χ3n) is 8.99. The molecule has 1 spiro atoms. The number of aromatic nitrogens is 2. The van der Waals surface area contributed by atoms with Gasteiger partial charge < -0.3 is 11.1 Å². The first-order valence-electron chi connectivity index (χ1n) is 13.4. The number of quaternary nitrogens is 1. The minimum atomic E-state index is 0. The van der Waals surface area contributed by atoms with Crippen molar-refractivity contribution >= 4 is 48.7 Å². The molecule has 0 radical (unpaired) electrons. The first kappa shape index (κ1) is 30.8. The fourth-order valence-corrected chi connectivity index (χ4v) is 7.46. The molecule has 206 valence electrons. The molecule has 2 unspecified atom stereocenters. The van der Waals surface area contributed by atoms with Crippen LogP contribution in [0, 0.1) is 5.92 Å². The predicted molar refractivity (Wildman–Crippen MR) is 164 cm³/mol. The van der Waals surface area contributed by atoms with Crippen LogP contribution in [0.15, 0.2) is 54.9 Å². The van der Waals surface area contributed by atoms with E-state index in [0.717, 1.165) is 49.9 Å². The van der Waals surface area contributed by atoms with Crippen LogP contribution in [0.1, 0.15) is 67.0 Å². The lowest BCUT2D eigenvalue weighted by Crippen LogP contribution is -2.50. The van der Waals surface area contributed by atoms with Gasteiger partial charge in [-0.25, -0.2) is 9.47 Å². The second-order valence-electron chi connectivity index (χ2n) is 11.3. The van der Waals surface area contributed by atoms with Gasteiger partial charge in [0, 0.05) is 17.7 Å². The molecule has 2 aromatic carbocycles. The molecule has 0 bridgehead atoms. The van der Waals surface area contributed by atoms with Gasteiger partial charge in [-0.15, -0.1) is 37.2 Å². The van der Waals surface area contributed by atoms with Crippen LogP contribution in [-0.4, -0.2) is 29.6 Å². The van der Waals surface area contributed by atoms with Crippen LogP contribution in [0.25, 0.3) is 0 Å². The van der Waals surface area contributed by atoms with E-state index in [0.29, 0.717) is 18.4 Å². The SMILES string of the molecule is CC(C)C1CCc2ncnc([N+]3(Cc4ccccc4)CC4(CCNCC4)c4c(CN)cccc43)c21.Cl.Cl.Cl. The molecule has 38 heavy (non-hydrogen) atoms. The minimum absolute atomic E-state index is 0. The molecule has 8 heteroatoms. The van der Waals surface area contributed by atoms with Crippen molar-refractivity contribution in [2.45, 2.75) is 64.0 Å². The van der Waals surface area contributed by atoms with E-state index in [1.807, 2.05) is 6.33 Å². The normalized spacial score (nSPS) is 22.7. The molecule has 0 saturated carbocycles. The smallest absolute Gasteiger partial charge is 0.239 e. The molecule has 3 heterocycles. The van der Waals surface area contributed by atoms with Gasteiger partial charge in [-0.2, -0.15) is 4.98 Å². The Balaban J connectivity index is 0.00000133. The second-order valence-corrected chi connectivity index (χ2v) is 11.3. The van der Waals surface area contributed by atoms with Gasteiger partial charge in [-0.3, -0.25) is 0 Å². The highest BCUT2D eigenvalue weighted by atomic mass is 35.5. The zero-order valence-corrected chi connectivity index (χ0v) is 24.8. The van der Waals surface area contributed by atoms with E-state index in [1.165, 1.54) is 45.9 Å². The summed E-state index contributed by atoms with van der Waals surface area (Å²) in [6.45, 7) is 9.36. The molecule has 3 aliphatic rings. The zero-order chi connectivity index (χ0) is 24.0. The summed E-state index contributed by atoms with van der Waals surface area (Å²) >= 11 is 0. The van der Waals surface area contributed by atoms with E-state index in [-0.39, 0.29) is 42.6 Å². The van der Waals surface area contributed by atoms with Gasteiger partial charge in [-0.1, -0.05) is 56.3 Å². The third-order valence-corrected chi connectivity index (χ3v) is 8.99. The summed E-state index contributed by atoms with van der Waals surface area (Å²) in [5.74, 6) is 2.32. The van der Waals surface area contributed by atoms with E-state index in [9.17, 15) is 0 Å². The fourth-order valence-electron chi connectivity index (χ4n) is 7.46. The maximum atomic E-state index is 6.40. The Morgan fingerprint density at radius 2 is 1.74 bits per heavy atom. The summed E-state index contributed by atoms with van der Waals surface area (Å²) in [5, 5.41) is 3.62. The quantitative estimate of drug-likeness (QED) is 0.346. The zero-order valence-electron chi connectivity index (χ0n) is 22.4. The van der Waals surface area contributed by atoms with E-state index in [4.69, 9.17) is 15.7 Å². The Labute approximate surface area is 245 Å². The molecule has 3 N–H and O–H groups in total. The van der Waals surface area contributed by atoms with Crippen molar-refractivity contribution in [1.82, 2.24) is 19.8 Å². The minimum Gasteiger partial charge on any atom is -0.326 e. The Hall–Kier alpha value is -1.73. The second kappa shape index (κ2) is 12.2. The van der Waals surface area contributed by atoms with Crippen molar-refractivity contribution in [2.24, 2.45) is 11.7 Å². The lowest BCUT2D eigenvalue weighted by Gasteiger charge is -2.39. The molecule has 1 aliphatic carbocycles. The Morgan fingerprint density at radius 1 is 1.00 bits per heavy atom. The van der Waals surface area contributed by atoms with Crippen molar-refractivity contribution in [3.8, 4) is 0 Å². The molecule has 1 saturated heterocycles. The summed E-state index contributed by atoms with van der Waals surface area (Å²) in [6, 6.07) is 17.9. The van der Waals surface area contributed by atoms with E-state index in [2.05, 4.69) is 67.7 Å². The summed E-state index contributed by atoms with van der Waals surface area (Å²) in [5.41, 5.74) is 14.8. The standard InChI is InChI=1S/C30H38N5.3ClH/c1-21(2)24-11-12-25-27(24)29(34-20-33-25)35(18-22-7-4-3-5-8-22)19-30(13-15-32-16-14-30)28-23(17-31)9-6-10-26(28)35;;;/h3-10,20-21,24,32H,11-19,31H2,1-2H3;3*1H/q+1;;;. The van der Waals surface area contributed by atoms with Gasteiger partial charge in [0.05, 0.1) is 23.2 Å². The van der Waals surface area contributed by atoms with Crippen molar-refractivity contribution < 1.29 is 0 Å². The van der Waals surface area contributed by atoms with Crippen molar-refractivity contribution in [3.63, 3.8) is 0 Å². The molecule has 0 amide bonds. The number of fused-ring (bicyclic) bond motifs is 3. The van der Waals surface area contributed by atoms with E-state index >= 15 is 0 Å². The van der Waals surface area contributed by atoms with Crippen molar-refractivity contribution in [3.05, 3.63) is 82.8 Å². The Morgan fingerprint density at radius 3 is 2.42 bits per heavy atom. The first-order chi connectivity index (χ1) is 17.1. The highest BCUT2D eigenvalue weighted by Crippen LogP contribution is 2.57. The van der Waals surface area contributed by atoms with Crippen LogP contribution in [0.2, 0.25) is 0 Å². The largest absolute Gasteiger partial charge is 0.326 e. The number of hydrogen-bond donors (Lipinski definition) is 2. The third kappa shape index (κ3) is 4.87. The first-order valence-corrected chi connectivity index (χ1v) is 13.4. The van der Waals surface area contributed by atoms with Gasteiger partial charge in [0.25, 0.3) is 0 Å². The number of aryl methyl sites for hydroxylation is 1. The Kier molecular flexibility index (Phi) is 9.89. The molecule has 6 rings (SSSR count). The van der Waals surface area contributed by atoms with E-state index < -0.39 is 0 Å². The van der Waals surface area contributed by atoms with Crippen LogP contribution < -0.4 is 15.5 Å². The highest BCUT2D eigenvalue weighted by Gasteiger charge is 2.57. The summed E-state index contributed by atoms with van der Waals surface area (Å²) < 4.78 is 0.779. The maximum absolute atomic E-state index is 6.40. The van der Waals surface area contributed by atoms with Crippen molar-refractivity contribution in [1.29, 1.82) is 0 Å². The molecule has 2 atom stereocenters. The molecule has 1 aromatic heterocycles. The lowest BCUT2D eigenvalue weighted by atomic mass is 9.73. The monoisotopic (exact) mass is 576 g/mol. The highest BCUT2D eigenvalue weighted by molar-refractivity contribution is 5.86. The number of nitrogens with one attached hydrogen (secondary N) is 1. The number of nitrogens with two attached hydrogens (primary N) is 1. The molecule has 3 aromatic rings. The molecule has 1 fully saturated rings. The number of nitrogens with zero attached hydrogens (tertiary/aromatic N) is 3. The molecule has 5 nitrogen and oxygen atoms in total. The van der Waals surface area contributed by atoms with Gasteiger partial charge in [-0.05, 0) is 62.2 Å². The van der Waals surface area contributed by atoms with Crippen LogP contribution in [-0.2, 0) is 24.9 Å². The van der Waals surface area contributed by atoms with E-state index in [1.54, 1.807) is 0 Å². The van der Waals surface area contributed by atoms with Gasteiger partial charge >= 0.3 is 0 Å². The number of hydrogen-bond acceptors (Lipinski definition) is 4. The number of piperidine rings is 1. The van der Waals surface area contributed by atoms with Crippen LogP contribution in [0.4, 0.5) is 11.5 Å². The van der Waals surface area contributed by atoms with Crippen molar-refractivity contribution in [2.75, 3.05) is 19.6 Å². The Bertz CT molecular complexity index is 1230. The summed E-state index contributed by atoms with van der Waals surface area (Å²) in [4.78, 5) is 9.98. The van der Waals surface area contributed by atoms with Crippen LogP contribution in [0.5, 0.6) is 0 Å². The van der Waals surface area contributed by atoms with Crippen LogP contribution in [0.3, 0.4) is 0 Å². The number of rotatable bonds is 5. The molecular weight excluding hydrogens is 537 g/mol. The molecular formula is C30H41Cl3N5+. The fraction of sp³-hybridized carbons (Fsp3) is 0.467. The van der Waals surface area contributed by atoms with Gasteiger partial charge in [0.1, 0.15) is 18.6 Å². The lowest BCUT2D eigenvalue weighted by molar-refractivity contribution is 0.249. The van der Waals surface area contributed by atoms with Gasteiger partial charge in [0.2, 0.25) is 5.82 Å².